The zero-order chi connectivity index (χ0) is 28.6. The van der Waals surface area contributed by atoms with Gasteiger partial charge in [-0.15, -0.1) is 0 Å². The predicted octanol–water partition coefficient (Wildman–Crippen LogP) is 4.10. The highest BCUT2D eigenvalue weighted by Gasteiger charge is 2.38. The number of hydrogen-bond acceptors (Lipinski definition) is 8. The third-order valence-corrected chi connectivity index (χ3v) is 7.93. The van der Waals surface area contributed by atoms with Crippen molar-refractivity contribution in [2.24, 2.45) is 11.0 Å². The molecule has 3 aromatic rings. The number of aryl methyl sites for hydroxylation is 1. The molecule has 0 radical (unpaired) electrons. The molecule has 2 aliphatic rings. The van der Waals surface area contributed by atoms with Crippen LogP contribution in [0, 0.1) is 12.8 Å². The molecule has 208 valence electrons. The average Bonchev–Trinajstić information content (AvgIpc) is 3.64. The first-order valence-electron chi connectivity index (χ1n) is 12.3. The van der Waals surface area contributed by atoms with Gasteiger partial charge < -0.3 is 10.6 Å². The van der Waals surface area contributed by atoms with E-state index in [9.17, 15) is 22.6 Å². The van der Waals surface area contributed by atoms with Gasteiger partial charge in [-0.3, -0.25) is 19.1 Å². The number of amides is 2. The second-order valence-electron chi connectivity index (χ2n) is 9.53. The maximum absolute atomic E-state index is 13.8. The number of rotatable bonds is 8. The minimum atomic E-state index is -4.64. The Morgan fingerprint density at radius 1 is 1.12 bits per heavy atom. The summed E-state index contributed by atoms with van der Waals surface area (Å²) in [6.07, 6.45) is 4.84. The Hall–Kier alpha value is -3.58. The van der Waals surface area contributed by atoms with Crippen LogP contribution in [0.3, 0.4) is 0 Å². The van der Waals surface area contributed by atoms with Gasteiger partial charge in [0.1, 0.15) is 16.6 Å². The smallest absolute Gasteiger partial charge is 0.296 e. The largest absolute Gasteiger partial charge is 0.352 e. The monoisotopic (exact) mass is 602 g/mol. The van der Waals surface area contributed by atoms with Crippen LogP contribution in [-0.4, -0.2) is 53.1 Å². The number of anilines is 2. The third-order valence-electron chi connectivity index (χ3n) is 6.53. The lowest BCUT2D eigenvalue weighted by atomic mass is 10.0. The SMILES string of the molecule is Cc1cc(Cl)cc(C(=O)NCC2CC2)c1NC(=O)C1CC(c2ncccc2S(=O)(=O)O)=NN1c1ncccc1Cl. The van der Waals surface area contributed by atoms with Gasteiger partial charge in [-0.25, -0.2) is 9.99 Å². The second-order valence-corrected chi connectivity index (χ2v) is 11.8. The summed E-state index contributed by atoms with van der Waals surface area (Å²) in [5.74, 6) is -0.329. The van der Waals surface area contributed by atoms with Crippen molar-refractivity contribution >= 4 is 62.4 Å². The van der Waals surface area contributed by atoms with E-state index >= 15 is 0 Å². The summed E-state index contributed by atoms with van der Waals surface area (Å²) in [7, 11) is -4.64. The van der Waals surface area contributed by atoms with Crippen molar-refractivity contribution in [1.29, 1.82) is 0 Å². The molecule has 40 heavy (non-hydrogen) atoms. The van der Waals surface area contributed by atoms with Crippen molar-refractivity contribution in [3.8, 4) is 0 Å². The van der Waals surface area contributed by atoms with Gasteiger partial charge in [0.15, 0.2) is 5.82 Å². The zero-order valence-electron chi connectivity index (χ0n) is 21.1. The van der Waals surface area contributed by atoms with E-state index in [1.54, 1.807) is 25.1 Å². The van der Waals surface area contributed by atoms with E-state index in [2.05, 4.69) is 25.7 Å². The lowest BCUT2D eigenvalue weighted by Crippen LogP contribution is -2.40. The van der Waals surface area contributed by atoms with Crippen molar-refractivity contribution in [3.05, 3.63) is 75.7 Å². The van der Waals surface area contributed by atoms with Crippen LogP contribution in [0.1, 0.15) is 40.9 Å². The van der Waals surface area contributed by atoms with Crippen LogP contribution in [0.4, 0.5) is 11.5 Å². The lowest BCUT2D eigenvalue weighted by molar-refractivity contribution is -0.117. The fraction of sp³-hybridized carbons (Fsp3) is 0.269. The topological polar surface area (TPSA) is 154 Å². The molecule has 3 N–H and O–H groups in total. The normalized spacial score (nSPS) is 16.9. The summed E-state index contributed by atoms with van der Waals surface area (Å²) in [5.41, 5.74) is 1.06. The van der Waals surface area contributed by atoms with E-state index in [1.165, 1.54) is 35.6 Å². The molecule has 5 rings (SSSR count). The molecule has 1 aromatic carbocycles. The van der Waals surface area contributed by atoms with Crippen molar-refractivity contribution in [3.63, 3.8) is 0 Å². The number of carbonyl (C=O) groups is 2. The summed E-state index contributed by atoms with van der Waals surface area (Å²) in [4.78, 5) is 34.8. The molecule has 14 heteroatoms. The number of carbonyl (C=O) groups excluding carboxylic acids is 2. The summed E-state index contributed by atoms with van der Waals surface area (Å²) in [5, 5.41) is 12.0. The molecule has 0 spiro atoms. The first kappa shape index (κ1) is 28.0. The van der Waals surface area contributed by atoms with Gasteiger partial charge in [0.05, 0.1) is 22.0 Å². The molecule has 1 aliphatic carbocycles. The Morgan fingerprint density at radius 3 is 2.55 bits per heavy atom. The van der Waals surface area contributed by atoms with Crippen molar-refractivity contribution < 1.29 is 22.6 Å². The van der Waals surface area contributed by atoms with Crippen LogP contribution in [0.5, 0.6) is 0 Å². The van der Waals surface area contributed by atoms with Crippen LogP contribution in [0.25, 0.3) is 0 Å². The van der Waals surface area contributed by atoms with Crippen LogP contribution in [0.15, 0.2) is 58.8 Å². The number of benzene rings is 1. The van der Waals surface area contributed by atoms with Gasteiger partial charge in [0.2, 0.25) is 5.91 Å². The minimum Gasteiger partial charge on any atom is -0.352 e. The molecule has 1 saturated carbocycles. The minimum absolute atomic E-state index is 0.103. The molecule has 1 aliphatic heterocycles. The fourth-order valence-electron chi connectivity index (χ4n) is 4.36. The maximum Gasteiger partial charge on any atom is 0.296 e. The Morgan fingerprint density at radius 2 is 1.85 bits per heavy atom. The number of aromatic nitrogens is 2. The Kier molecular flexibility index (Phi) is 7.78. The molecule has 0 bridgehead atoms. The summed E-state index contributed by atoms with van der Waals surface area (Å²) >= 11 is 12.6. The van der Waals surface area contributed by atoms with Crippen LogP contribution in [-0.2, 0) is 14.9 Å². The van der Waals surface area contributed by atoms with E-state index in [-0.39, 0.29) is 45.8 Å². The molecule has 2 aromatic heterocycles. The maximum atomic E-state index is 13.8. The molecule has 1 unspecified atom stereocenters. The lowest BCUT2D eigenvalue weighted by Gasteiger charge is -2.23. The molecular weight excluding hydrogens is 579 g/mol. The number of halogens is 2. The Labute approximate surface area is 240 Å². The van der Waals surface area contributed by atoms with Crippen LogP contribution < -0.4 is 15.6 Å². The number of nitrogens with one attached hydrogen (secondary N) is 2. The predicted molar refractivity (Wildman–Crippen MR) is 151 cm³/mol. The van der Waals surface area contributed by atoms with Gasteiger partial charge in [-0.2, -0.15) is 13.5 Å². The van der Waals surface area contributed by atoms with Crippen LogP contribution >= 0.6 is 23.2 Å². The van der Waals surface area contributed by atoms with E-state index in [0.29, 0.717) is 23.0 Å². The van der Waals surface area contributed by atoms with Gasteiger partial charge in [0.25, 0.3) is 16.0 Å². The first-order valence-corrected chi connectivity index (χ1v) is 14.5. The molecule has 2 amide bonds. The molecule has 1 fully saturated rings. The van der Waals surface area contributed by atoms with E-state index in [0.717, 1.165) is 12.8 Å². The quantitative estimate of drug-likeness (QED) is 0.325. The Balaban J connectivity index is 1.50. The average molecular weight is 603 g/mol. The molecular formula is C26H24Cl2N6O5S. The first-order chi connectivity index (χ1) is 19.0. The fourth-order valence-corrected chi connectivity index (χ4v) is 5.51. The number of pyridine rings is 2. The van der Waals surface area contributed by atoms with Gasteiger partial charge in [-0.05, 0) is 67.6 Å². The molecule has 0 saturated heterocycles. The summed E-state index contributed by atoms with van der Waals surface area (Å²) in [6, 6.07) is 7.79. The Bertz CT molecular complexity index is 1640. The van der Waals surface area contributed by atoms with Gasteiger partial charge in [-0.1, -0.05) is 23.2 Å². The van der Waals surface area contributed by atoms with Crippen molar-refractivity contribution in [2.45, 2.75) is 37.1 Å². The highest BCUT2D eigenvalue weighted by Crippen LogP contribution is 2.33. The van der Waals surface area contributed by atoms with Crippen molar-refractivity contribution in [2.75, 3.05) is 16.9 Å². The summed E-state index contributed by atoms with van der Waals surface area (Å²) < 4.78 is 33.8. The molecule has 3 heterocycles. The highest BCUT2D eigenvalue weighted by atomic mass is 35.5. The zero-order valence-corrected chi connectivity index (χ0v) is 23.5. The van der Waals surface area contributed by atoms with Gasteiger partial charge in [0, 0.05) is 30.4 Å². The van der Waals surface area contributed by atoms with E-state index in [4.69, 9.17) is 23.2 Å². The molecule has 11 nitrogen and oxygen atoms in total. The third kappa shape index (κ3) is 5.94. The van der Waals surface area contributed by atoms with E-state index in [1.807, 2.05) is 0 Å². The van der Waals surface area contributed by atoms with Gasteiger partial charge >= 0.3 is 0 Å². The number of hydrazone groups is 1. The van der Waals surface area contributed by atoms with Crippen LogP contribution in [0.2, 0.25) is 10.0 Å². The summed E-state index contributed by atoms with van der Waals surface area (Å²) in [6.45, 7) is 2.25. The van der Waals surface area contributed by atoms with E-state index < -0.39 is 27.0 Å². The standard InChI is InChI=1S/C26H24Cl2N6O5S/c1-14-10-16(27)11-17(25(35)31-13-15-6-7-15)22(14)32-26(36)20-12-19(23-21(40(37,38)39)5-3-8-29-23)33-34(20)24-18(28)4-2-9-30-24/h2-5,8-11,15,20H,6-7,12-13H2,1H3,(H,31,35)(H,32,36)(H,37,38,39). The molecule has 1 atom stereocenters. The van der Waals surface area contributed by atoms with Crippen molar-refractivity contribution in [1.82, 2.24) is 15.3 Å². The highest BCUT2D eigenvalue weighted by molar-refractivity contribution is 7.86. The second kappa shape index (κ2) is 11.1. The number of nitrogens with zero attached hydrogens (tertiary/aromatic N) is 4. The number of hydrogen-bond donors (Lipinski definition) is 3.